The largest absolute Gasteiger partial charge is 0.469 e. The van der Waals surface area contributed by atoms with Gasteiger partial charge in [-0.3, -0.25) is 4.99 Å². The molecule has 3 heterocycles. The van der Waals surface area contributed by atoms with Gasteiger partial charge in [0.1, 0.15) is 5.76 Å². The molecule has 2 aliphatic heterocycles. The van der Waals surface area contributed by atoms with E-state index in [1.807, 2.05) is 12.1 Å². The minimum atomic E-state index is 0.256. The highest BCUT2D eigenvalue weighted by Gasteiger charge is 2.15. The Labute approximate surface area is 168 Å². The van der Waals surface area contributed by atoms with Gasteiger partial charge in [-0.15, -0.1) is 0 Å². The number of hydrogen-bond donors (Lipinski definition) is 2. The van der Waals surface area contributed by atoms with Crippen molar-refractivity contribution in [2.45, 2.75) is 44.6 Å². The summed E-state index contributed by atoms with van der Waals surface area (Å²) in [4.78, 5) is 4.70. The summed E-state index contributed by atoms with van der Waals surface area (Å²) in [7, 11) is 0. The maximum absolute atomic E-state index is 5.84. The van der Waals surface area contributed by atoms with E-state index in [9.17, 15) is 0 Å². The van der Waals surface area contributed by atoms with E-state index in [1.54, 1.807) is 6.26 Å². The maximum atomic E-state index is 5.84. The van der Waals surface area contributed by atoms with Crippen LogP contribution in [0.15, 0.2) is 27.8 Å². The summed E-state index contributed by atoms with van der Waals surface area (Å²) in [5, 5.41) is 6.81. The summed E-state index contributed by atoms with van der Waals surface area (Å²) < 4.78 is 22.3. The van der Waals surface area contributed by atoms with Gasteiger partial charge in [0.2, 0.25) is 0 Å². The van der Waals surface area contributed by atoms with Gasteiger partial charge in [-0.2, -0.15) is 0 Å². The number of nitrogens with zero attached hydrogens (tertiary/aromatic N) is 1. The molecule has 1 unspecified atom stereocenters. The molecule has 28 heavy (non-hydrogen) atoms. The van der Waals surface area contributed by atoms with E-state index < -0.39 is 0 Å². The van der Waals surface area contributed by atoms with E-state index in [4.69, 9.17) is 23.6 Å². The zero-order chi connectivity index (χ0) is 19.3. The van der Waals surface area contributed by atoms with Crippen LogP contribution in [0.1, 0.15) is 37.9 Å². The average Bonchev–Trinajstić information content (AvgIpc) is 3.43. The van der Waals surface area contributed by atoms with Crippen LogP contribution < -0.4 is 10.6 Å². The van der Waals surface area contributed by atoms with Crippen molar-refractivity contribution in [2.75, 3.05) is 52.7 Å². The first-order chi connectivity index (χ1) is 13.9. The molecule has 1 atom stereocenters. The molecular weight excluding hydrogens is 358 g/mol. The lowest BCUT2D eigenvalue weighted by atomic mass is 10.0. The van der Waals surface area contributed by atoms with Crippen LogP contribution in [-0.2, 0) is 20.6 Å². The summed E-state index contributed by atoms with van der Waals surface area (Å²) in [6, 6.07) is 3.91. The van der Waals surface area contributed by atoms with Crippen LogP contribution in [0.25, 0.3) is 0 Å². The fourth-order valence-corrected chi connectivity index (χ4v) is 3.46. The molecule has 1 aromatic rings. The van der Waals surface area contributed by atoms with Gasteiger partial charge in [0.05, 0.1) is 18.9 Å². The Morgan fingerprint density at radius 1 is 1.14 bits per heavy atom. The van der Waals surface area contributed by atoms with Crippen molar-refractivity contribution in [3.8, 4) is 0 Å². The second-order valence-electron chi connectivity index (χ2n) is 7.49. The molecule has 0 spiro atoms. The molecule has 0 aliphatic carbocycles. The van der Waals surface area contributed by atoms with Crippen molar-refractivity contribution in [2.24, 2.45) is 10.9 Å². The number of hydrogen-bond acceptors (Lipinski definition) is 5. The summed E-state index contributed by atoms with van der Waals surface area (Å²) in [6.45, 7) is 6.57. The van der Waals surface area contributed by atoms with Crippen molar-refractivity contribution in [1.29, 1.82) is 0 Å². The van der Waals surface area contributed by atoms with Crippen LogP contribution in [0.4, 0.5) is 0 Å². The van der Waals surface area contributed by atoms with E-state index in [2.05, 4.69) is 10.6 Å². The average molecular weight is 394 g/mol. The summed E-state index contributed by atoms with van der Waals surface area (Å²) in [6.07, 6.45) is 8.24. The smallest absolute Gasteiger partial charge is 0.191 e. The minimum absolute atomic E-state index is 0.256. The van der Waals surface area contributed by atoms with Gasteiger partial charge in [-0.05, 0) is 50.2 Å². The molecule has 7 heteroatoms. The van der Waals surface area contributed by atoms with Crippen LogP contribution in [0.3, 0.4) is 0 Å². The number of aliphatic imine (C=N–C) groups is 1. The molecule has 2 N–H and O–H groups in total. The Bertz CT molecular complexity index is 538. The third-order valence-electron chi connectivity index (χ3n) is 5.17. The van der Waals surface area contributed by atoms with Gasteiger partial charge in [0.25, 0.3) is 0 Å². The van der Waals surface area contributed by atoms with Gasteiger partial charge in [-0.25, -0.2) is 0 Å². The fourth-order valence-electron chi connectivity index (χ4n) is 3.46. The highest BCUT2D eigenvalue weighted by molar-refractivity contribution is 5.79. The van der Waals surface area contributed by atoms with E-state index >= 15 is 0 Å². The Morgan fingerprint density at radius 3 is 2.82 bits per heavy atom. The molecule has 0 amide bonds. The third-order valence-corrected chi connectivity index (χ3v) is 5.17. The number of guanidine groups is 1. The number of ether oxygens (including phenoxy) is 3. The topological polar surface area (TPSA) is 77.3 Å². The van der Waals surface area contributed by atoms with Gasteiger partial charge in [0, 0.05) is 52.5 Å². The molecule has 1 aromatic heterocycles. The van der Waals surface area contributed by atoms with E-state index in [0.717, 1.165) is 96.4 Å². The van der Waals surface area contributed by atoms with Crippen molar-refractivity contribution < 1.29 is 18.6 Å². The minimum Gasteiger partial charge on any atom is -0.469 e. The molecular formula is C21H35N3O4. The molecule has 2 aliphatic rings. The standard InChI is InChI=1S/C21H35N3O4/c1-4-19(27-12-1)6-10-23-21(24-16-20-5-2-13-28-20)22-9-3-11-26-17-18-7-14-25-15-8-18/h1,4,12,18,20H,2-3,5-11,13-17H2,(H2,22,23,24). The fraction of sp³-hybridized carbons (Fsp3) is 0.762. The monoisotopic (exact) mass is 393 g/mol. The van der Waals surface area contributed by atoms with E-state index in [1.165, 1.54) is 0 Å². The molecule has 158 valence electrons. The predicted octanol–water partition coefficient (Wildman–Crippen LogP) is 2.37. The lowest BCUT2D eigenvalue weighted by molar-refractivity contribution is 0.0203. The van der Waals surface area contributed by atoms with Crippen LogP contribution in [0.5, 0.6) is 0 Å². The van der Waals surface area contributed by atoms with Crippen molar-refractivity contribution in [3.05, 3.63) is 24.2 Å². The number of rotatable bonds is 11. The number of nitrogens with one attached hydrogen (secondary N) is 2. The molecule has 0 aromatic carbocycles. The third kappa shape index (κ3) is 8.20. The first-order valence-corrected chi connectivity index (χ1v) is 10.7. The van der Waals surface area contributed by atoms with Crippen LogP contribution in [0, 0.1) is 5.92 Å². The van der Waals surface area contributed by atoms with Crippen molar-refractivity contribution in [1.82, 2.24) is 10.6 Å². The van der Waals surface area contributed by atoms with Gasteiger partial charge in [-0.1, -0.05) is 0 Å². The molecule has 2 saturated heterocycles. The Morgan fingerprint density at radius 2 is 2.04 bits per heavy atom. The molecule has 0 saturated carbocycles. The summed E-state index contributed by atoms with van der Waals surface area (Å²) >= 11 is 0. The maximum Gasteiger partial charge on any atom is 0.191 e. The first kappa shape index (κ1) is 21.1. The predicted molar refractivity (Wildman–Crippen MR) is 109 cm³/mol. The van der Waals surface area contributed by atoms with E-state index in [0.29, 0.717) is 12.5 Å². The molecule has 0 radical (unpaired) electrons. The normalized spacial score (nSPS) is 21.1. The quantitative estimate of drug-likeness (QED) is 0.341. The summed E-state index contributed by atoms with van der Waals surface area (Å²) in [5.74, 6) is 2.48. The SMILES string of the molecule is c1coc(CCNC(=NCC2CCCO2)NCCCOCC2CCOCC2)c1. The highest BCUT2D eigenvalue weighted by atomic mass is 16.5. The van der Waals surface area contributed by atoms with Gasteiger partial charge < -0.3 is 29.3 Å². The van der Waals surface area contributed by atoms with Crippen LogP contribution in [0.2, 0.25) is 0 Å². The Balaban J connectivity index is 1.31. The molecule has 7 nitrogen and oxygen atoms in total. The van der Waals surface area contributed by atoms with Crippen LogP contribution >= 0.6 is 0 Å². The first-order valence-electron chi connectivity index (χ1n) is 10.7. The summed E-state index contributed by atoms with van der Waals surface area (Å²) in [5.41, 5.74) is 0. The zero-order valence-corrected chi connectivity index (χ0v) is 16.9. The van der Waals surface area contributed by atoms with E-state index in [-0.39, 0.29) is 6.10 Å². The van der Waals surface area contributed by atoms with Gasteiger partial charge in [0.15, 0.2) is 5.96 Å². The highest BCUT2D eigenvalue weighted by Crippen LogP contribution is 2.14. The lowest BCUT2D eigenvalue weighted by Gasteiger charge is -2.21. The Kier molecular flexibility index (Phi) is 9.67. The van der Waals surface area contributed by atoms with Crippen molar-refractivity contribution >= 4 is 5.96 Å². The molecule has 3 rings (SSSR count). The van der Waals surface area contributed by atoms with Gasteiger partial charge >= 0.3 is 0 Å². The number of furan rings is 1. The molecule has 2 fully saturated rings. The second-order valence-corrected chi connectivity index (χ2v) is 7.49. The van der Waals surface area contributed by atoms with Crippen LogP contribution in [-0.4, -0.2) is 64.7 Å². The van der Waals surface area contributed by atoms with Crippen molar-refractivity contribution in [3.63, 3.8) is 0 Å². The Hall–Kier alpha value is -1.57. The zero-order valence-electron chi connectivity index (χ0n) is 16.9. The second kappa shape index (κ2) is 12.8. The molecule has 0 bridgehead atoms. The lowest BCUT2D eigenvalue weighted by Crippen LogP contribution is -2.39.